The fourth-order valence-electron chi connectivity index (χ4n) is 0.756. The number of nitrogen functional groups attached to an aromatic ring is 1. The summed E-state index contributed by atoms with van der Waals surface area (Å²) in [6.45, 7) is 0. The second kappa shape index (κ2) is 2.93. The highest BCUT2D eigenvalue weighted by Gasteiger charge is 2.03. The summed E-state index contributed by atoms with van der Waals surface area (Å²) in [6.07, 6.45) is 6.73. The fraction of sp³-hybridized carbons (Fsp3) is 0.125. The van der Waals surface area contributed by atoms with Gasteiger partial charge in [0.2, 0.25) is 5.88 Å². The molecule has 0 unspecified atom stereocenters. The molecule has 1 rings (SSSR count). The first-order chi connectivity index (χ1) is 5.29. The van der Waals surface area contributed by atoms with Crippen molar-refractivity contribution < 1.29 is 4.74 Å². The molecule has 0 radical (unpaired) electrons. The molecule has 0 amide bonds. The van der Waals surface area contributed by atoms with Crippen molar-refractivity contribution >= 4 is 5.69 Å². The largest absolute Gasteiger partial charge is 0.480 e. The Kier molecular flexibility index (Phi) is 1.98. The zero-order valence-corrected chi connectivity index (χ0v) is 6.16. The van der Waals surface area contributed by atoms with Gasteiger partial charge in [-0.15, -0.1) is 6.42 Å². The highest BCUT2D eigenvalue weighted by molar-refractivity contribution is 5.59. The topological polar surface area (TPSA) is 48.1 Å². The van der Waals surface area contributed by atoms with Gasteiger partial charge in [0.15, 0.2) is 0 Å². The molecule has 0 aromatic carbocycles. The third-order valence-corrected chi connectivity index (χ3v) is 1.29. The average molecular weight is 148 g/mol. The third-order valence-electron chi connectivity index (χ3n) is 1.29. The number of nitrogens with zero attached hydrogens (tertiary/aromatic N) is 1. The Morgan fingerprint density at radius 1 is 1.73 bits per heavy atom. The smallest absolute Gasteiger partial charge is 0.231 e. The second-order valence-corrected chi connectivity index (χ2v) is 1.93. The fourth-order valence-corrected chi connectivity index (χ4v) is 0.756. The lowest BCUT2D eigenvalue weighted by Gasteiger charge is -2.02. The molecular weight excluding hydrogens is 140 g/mol. The van der Waals surface area contributed by atoms with E-state index in [2.05, 4.69) is 10.9 Å². The molecule has 11 heavy (non-hydrogen) atoms. The Hall–Kier alpha value is -1.69. The summed E-state index contributed by atoms with van der Waals surface area (Å²) < 4.78 is 4.88. The Labute approximate surface area is 65.2 Å². The molecule has 56 valence electrons. The lowest BCUT2D eigenvalue weighted by Crippen LogP contribution is -1.96. The minimum atomic E-state index is 0.396. The summed E-state index contributed by atoms with van der Waals surface area (Å²) in [6, 6.07) is 1.64. The van der Waals surface area contributed by atoms with E-state index < -0.39 is 0 Å². The molecular formula is C8H8N2O. The highest BCUT2D eigenvalue weighted by Crippen LogP contribution is 2.18. The molecule has 0 aliphatic heterocycles. The van der Waals surface area contributed by atoms with Crippen molar-refractivity contribution in [2.24, 2.45) is 0 Å². The van der Waals surface area contributed by atoms with Crippen molar-refractivity contribution in [3.63, 3.8) is 0 Å². The van der Waals surface area contributed by atoms with Crippen LogP contribution in [0.15, 0.2) is 12.3 Å². The van der Waals surface area contributed by atoms with Gasteiger partial charge in [-0.1, -0.05) is 5.92 Å². The summed E-state index contributed by atoms with van der Waals surface area (Å²) >= 11 is 0. The summed E-state index contributed by atoms with van der Waals surface area (Å²) in [4.78, 5) is 3.88. The maximum atomic E-state index is 5.54. The molecule has 0 saturated heterocycles. The number of terminal acetylenes is 1. The minimum Gasteiger partial charge on any atom is -0.480 e. The van der Waals surface area contributed by atoms with Crippen LogP contribution in [0, 0.1) is 12.3 Å². The standard InChI is InChI=1S/C8H8N2O/c1-3-6-7(9)4-5-10-8(6)11-2/h1,4-5H,2H3,(H2,9,10). The average Bonchev–Trinajstić information content (AvgIpc) is 2.04. The number of nitrogens with two attached hydrogens (primary N) is 1. The van der Waals surface area contributed by atoms with Crippen LogP contribution < -0.4 is 10.5 Å². The lowest BCUT2D eigenvalue weighted by molar-refractivity contribution is 0.397. The number of anilines is 1. The van der Waals surface area contributed by atoms with E-state index in [-0.39, 0.29) is 0 Å². The molecule has 0 aliphatic rings. The zero-order chi connectivity index (χ0) is 8.27. The molecule has 1 heterocycles. The van der Waals surface area contributed by atoms with Crippen molar-refractivity contribution in [2.75, 3.05) is 12.8 Å². The predicted octanol–water partition coefficient (Wildman–Crippen LogP) is 0.654. The molecule has 3 heteroatoms. The number of hydrogen-bond donors (Lipinski definition) is 1. The van der Waals surface area contributed by atoms with Gasteiger partial charge in [-0.25, -0.2) is 4.98 Å². The van der Waals surface area contributed by atoms with E-state index in [1.54, 1.807) is 12.3 Å². The van der Waals surface area contributed by atoms with Gasteiger partial charge < -0.3 is 10.5 Å². The second-order valence-electron chi connectivity index (χ2n) is 1.93. The zero-order valence-electron chi connectivity index (χ0n) is 6.16. The van der Waals surface area contributed by atoms with Crippen molar-refractivity contribution in [1.29, 1.82) is 0 Å². The molecule has 0 atom stereocenters. The Bertz CT molecular complexity index is 301. The quantitative estimate of drug-likeness (QED) is 0.595. The number of pyridine rings is 1. The third kappa shape index (κ3) is 1.24. The molecule has 0 bridgehead atoms. The maximum absolute atomic E-state index is 5.54. The number of aromatic nitrogens is 1. The lowest BCUT2D eigenvalue weighted by atomic mass is 10.2. The Morgan fingerprint density at radius 3 is 2.91 bits per heavy atom. The molecule has 2 N–H and O–H groups in total. The van der Waals surface area contributed by atoms with E-state index in [9.17, 15) is 0 Å². The van der Waals surface area contributed by atoms with E-state index in [1.165, 1.54) is 7.11 Å². The van der Waals surface area contributed by atoms with Crippen molar-refractivity contribution in [2.45, 2.75) is 0 Å². The van der Waals surface area contributed by atoms with Crippen LogP contribution in [0.5, 0.6) is 5.88 Å². The van der Waals surface area contributed by atoms with Crippen molar-refractivity contribution in [3.8, 4) is 18.2 Å². The number of hydrogen-bond acceptors (Lipinski definition) is 3. The molecule has 0 aliphatic carbocycles. The first-order valence-electron chi connectivity index (χ1n) is 3.04. The van der Waals surface area contributed by atoms with Crippen LogP contribution in [0.4, 0.5) is 5.69 Å². The van der Waals surface area contributed by atoms with Crippen LogP contribution >= 0.6 is 0 Å². The highest BCUT2D eigenvalue weighted by atomic mass is 16.5. The first kappa shape index (κ1) is 7.42. The number of rotatable bonds is 1. The van der Waals surface area contributed by atoms with Crippen LogP contribution in [-0.4, -0.2) is 12.1 Å². The molecule has 1 aromatic rings. The van der Waals surface area contributed by atoms with Crippen LogP contribution in [0.1, 0.15) is 5.56 Å². The van der Waals surface area contributed by atoms with Crippen molar-refractivity contribution in [1.82, 2.24) is 4.98 Å². The Balaban J connectivity index is 3.27. The molecule has 0 saturated carbocycles. The van der Waals surface area contributed by atoms with Gasteiger partial charge in [0.25, 0.3) is 0 Å². The van der Waals surface area contributed by atoms with Gasteiger partial charge in [0.1, 0.15) is 5.56 Å². The molecule has 1 aromatic heterocycles. The van der Waals surface area contributed by atoms with E-state index in [4.69, 9.17) is 16.9 Å². The van der Waals surface area contributed by atoms with Crippen LogP contribution in [-0.2, 0) is 0 Å². The monoisotopic (exact) mass is 148 g/mol. The predicted molar refractivity (Wildman–Crippen MR) is 43.1 cm³/mol. The van der Waals surface area contributed by atoms with Gasteiger partial charge >= 0.3 is 0 Å². The SMILES string of the molecule is C#Cc1c(N)ccnc1OC. The minimum absolute atomic E-state index is 0.396. The van der Waals surface area contributed by atoms with Gasteiger partial charge in [0.05, 0.1) is 12.8 Å². The maximum Gasteiger partial charge on any atom is 0.231 e. The van der Waals surface area contributed by atoms with Crippen molar-refractivity contribution in [3.05, 3.63) is 17.8 Å². The molecule has 3 nitrogen and oxygen atoms in total. The van der Waals surface area contributed by atoms with Crippen LogP contribution in [0.2, 0.25) is 0 Å². The first-order valence-corrected chi connectivity index (χ1v) is 3.04. The van der Waals surface area contributed by atoms with Gasteiger partial charge in [0, 0.05) is 6.20 Å². The summed E-state index contributed by atoms with van der Waals surface area (Å²) in [5.41, 5.74) is 6.57. The molecule has 0 spiro atoms. The number of methoxy groups -OCH3 is 1. The summed E-state index contributed by atoms with van der Waals surface area (Å²) in [7, 11) is 1.50. The van der Waals surface area contributed by atoms with Crippen LogP contribution in [0.3, 0.4) is 0 Å². The van der Waals surface area contributed by atoms with E-state index in [1.807, 2.05) is 0 Å². The molecule has 0 fully saturated rings. The van der Waals surface area contributed by atoms with Gasteiger partial charge in [-0.05, 0) is 6.07 Å². The van der Waals surface area contributed by atoms with E-state index in [0.29, 0.717) is 17.1 Å². The van der Waals surface area contributed by atoms with E-state index in [0.717, 1.165) is 0 Å². The van der Waals surface area contributed by atoms with Gasteiger partial charge in [-0.3, -0.25) is 0 Å². The normalized spacial score (nSPS) is 8.73. The summed E-state index contributed by atoms with van der Waals surface area (Å²) in [5.74, 6) is 2.80. The van der Waals surface area contributed by atoms with Crippen LogP contribution in [0.25, 0.3) is 0 Å². The number of ether oxygens (including phenoxy) is 1. The summed E-state index contributed by atoms with van der Waals surface area (Å²) in [5, 5.41) is 0. The Morgan fingerprint density at radius 2 is 2.45 bits per heavy atom. The van der Waals surface area contributed by atoms with E-state index >= 15 is 0 Å². The van der Waals surface area contributed by atoms with Gasteiger partial charge in [-0.2, -0.15) is 0 Å².